The monoisotopic (exact) mass is 503 g/mol. The maximum Gasteiger partial charge on any atom is 0.228 e. The molecule has 2 aliphatic carbocycles. The first-order valence-electron chi connectivity index (χ1n) is 12.5. The number of aromatic nitrogens is 3. The fraction of sp³-hybridized carbons (Fsp3) is 0.444. The summed E-state index contributed by atoms with van der Waals surface area (Å²) in [6, 6.07) is 13.4. The van der Waals surface area contributed by atoms with Crippen molar-refractivity contribution in [2.75, 3.05) is 11.9 Å². The maximum absolute atomic E-state index is 9.50. The fourth-order valence-corrected chi connectivity index (χ4v) is 6.50. The van der Waals surface area contributed by atoms with Crippen LogP contribution in [0.1, 0.15) is 40.7 Å². The van der Waals surface area contributed by atoms with E-state index in [4.69, 9.17) is 14.8 Å². The Balaban J connectivity index is 1.45. The van der Waals surface area contributed by atoms with Gasteiger partial charge in [0.05, 0.1) is 5.56 Å². The quantitative estimate of drug-likeness (QED) is 0.271. The van der Waals surface area contributed by atoms with E-state index in [1.54, 1.807) is 0 Å². The van der Waals surface area contributed by atoms with Gasteiger partial charge in [0.25, 0.3) is 0 Å². The third-order valence-corrected chi connectivity index (χ3v) is 9.42. The molecular weight excluding hydrogens is 470 g/mol. The summed E-state index contributed by atoms with van der Waals surface area (Å²) in [5, 5.41) is 18.6. The molecule has 182 valence electrons. The highest BCUT2D eigenvalue weighted by molar-refractivity contribution is 7.99. The van der Waals surface area contributed by atoms with E-state index in [1.165, 1.54) is 52.5 Å². The third-order valence-electron chi connectivity index (χ3n) is 6.78. The predicted octanol–water partition coefficient (Wildman–Crippen LogP) is 6.33. The highest BCUT2D eigenvalue weighted by Crippen LogP contribution is 2.40. The van der Waals surface area contributed by atoms with Gasteiger partial charge in [0.15, 0.2) is 0 Å². The van der Waals surface area contributed by atoms with Gasteiger partial charge in [0.2, 0.25) is 11.1 Å². The Morgan fingerprint density at radius 3 is 2.49 bits per heavy atom. The molecule has 35 heavy (non-hydrogen) atoms. The number of nitriles is 1. The Morgan fingerprint density at radius 2 is 1.80 bits per heavy atom. The van der Waals surface area contributed by atoms with Gasteiger partial charge in [-0.2, -0.15) is 10.2 Å². The first-order chi connectivity index (χ1) is 16.9. The van der Waals surface area contributed by atoms with Crippen molar-refractivity contribution in [3.8, 4) is 6.07 Å². The Bertz CT molecular complexity index is 1240. The molecule has 1 aromatic heterocycles. The molecule has 0 radical (unpaired) electrons. The molecule has 0 fully saturated rings. The number of rotatable bonds is 9. The summed E-state index contributed by atoms with van der Waals surface area (Å²) in [4.78, 5) is 5.74. The SMILES string of the molecule is C[Si](C)(C)CCOCn1nc(Sc2ccccc2C#N)nc1Nc1c2c(cc3c1CCC3)CCC2. The Kier molecular flexibility index (Phi) is 7.01. The molecule has 0 aliphatic heterocycles. The number of hydrogen-bond acceptors (Lipinski definition) is 6. The van der Waals surface area contributed by atoms with Gasteiger partial charge in [-0.15, -0.1) is 5.10 Å². The molecule has 0 bridgehead atoms. The van der Waals surface area contributed by atoms with Crippen LogP contribution in [0, 0.1) is 11.3 Å². The van der Waals surface area contributed by atoms with Crippen LogP contribution in [0.25, 0.3) is 0 Å². The summed E-state index contributed by atoms with van der Waals surface area (Å²) in [5.41, 5.74) is 7.75. The number of nitrogens with one attached hydrogen (secondary N) is 1. The lowest BCUT2D eigenvalue weighted by Crippen LogP contribution is -2.22. The molecule has 0 atom stereocenters. The zero-order chi connectivity index (χ0) is 24.4. The minimum Gasteiger partial charge on any atom is -0.359 e. The average Bonchev–Trinajstić information content (AvgIpc) is 3.56. The van der Waals surface area contributed by atoms with Gasteiger partial charge < -0.3 is 10.1 Å². The van der Waals surface area contributed by atoms with Crippen LogP contribution < -0.4 is 5.32 Å². The lowest BCUT2D eigenvalue weighted by atomic mass is 9.99. The third kappa shape index (κ3) is 5.47. The molecule has 1 heterocycles. The van der Waals surface area contributed by atoms with Crippen LogP contribution in [-0.2, 0) is 37.2 Å². The fourth-order valence-electron chi connectivity index (χ4n) is 4.90. The van der Waals surface area contributed by atoms with Gasteiger partial charge in [0, 0.05) is 25.3 Å². The molecule has 0 amide bonds. The lowest BCUT2D eigenvalue weighted by Gasteiger charge is -2.18. The zero-order valence-electron chi connectivity index (χ0n) is 20.9. The second-order valence-corrected chi connectivity index (χ2v) is 17.3. The van der Waals surface area contributed by atoms with Gasteiger partial charge >= 0.3 is 0 Å². The molecule has 2 aromatic carbocycles. The number of aryl methyl sites for hydroxylation is 2. The molecule has 8 heteroatoms. The number of hydrogen-bond donors (Lipinski definition) is 1. The Morgan fingerprint density at radius 1 is 1.09 bits per heavy atom. The maximum atomic E-state index is 9.50. The molecule has 6 nitrogen and oxygen atoms in total. The van der Waals surface area contributed by atoms with E-state index in [0.29, 0.717) is 23.4 Å². The van der Waals surface area contributed by atoms with E-state index in [-0.39, 0.29) is 0 Å². The van der Waals surface area contributed by atoms with E-state index in [1.807, 2.05) is 28.9 Å². The van der Waals surface area contributed by atoms with Crippen LogP contribution in [-0.4, -0.2) is 29.4 Å². The smallest absolute Gasteiger partial charge is 0.228 e. The minimum absolute atomic E-state index is 0.359. The van der Waals surface area contributed by atoms with Gasteiger partial charge in [-0.25, -0.2) is 4.68 Å². The van der Waals surface area contributed by atoms with Gasteiger partial charge in [-0.1, -0.05) is 37.8 Å². The van der Waals surface area contributed by atoms with Crippen molar-refractivity contribution >= 4 is 31.5 Å². The van der Waals surface area contributed by atoms with Crippen LogP contribution >= 0.6 is 11.8 Å². The zero-order valence-corrected chi connectivity index (χ0v) is 22.7. The van der Waals surface area contributed by atoms with Gasteiger partial charge in [-0.05, 0) is 90.7 Å². The topological polar surface area (TPSA) is 75.8 Å². The van der Waals surface area contributed by atoms with E-state index < -0.39 is 8.07 Å². The Hall–Kier alpha value is -2.60. The summed E-state index contributed by atoms with van der Waals surface area (Å²) in [5.74, 6) is 0.712. The van der Waals surface area contributed by atoms with E-state index in [0.717, 1.165) is 43.2 Å². The van der Waals surface area contributed by atoms with Crippen molar-refractivity contribution in [1.82, 2.24) is 14.8 Å². The highest BCUT2D eigenvalue weighted by atomic mass is 32.2. The second-order valence-electron chi connectivity index (χ2n) is 10.6. The predicted molar refractivity (Wildman–Crippen MR) is 143 cm³/mol. The van der Waals surface area contributed by atoms with Crippen LogP contribution in [0.2, 0.25) is 25.7 Å². The van der Waals surface area contributed by atoms with Gasteiger partial charge in [-0.3, -0.25) is 0 Å². The normalized spacial score (nSPS) is 14.6. The number of ether oxygens (including phenoxy) is 1. The van der Waals surface area contributed by atoms with Crippen LogP contribution in [0.5, 0.6) is 0 Å². The number of anilines is 2. The van der Waals surface area contributed by atoms with Crippen molar-refractivity contribution in [2.24, 2.45) is 0 Å². The molecular formula is C27H33N5OSSi. The van der Waals surface area contributed by atoms with Crippen LogP contribution in [0.4, 0.5) is 11.6 Å². The van der Waals surface area contributed by atoms with Crippen molar-refractivity contribution < 1.29 is 4.74 Å². The average molecular weight is 504 g/mol. The first-order valence-corrected chi connectivity index (χ1v) is 17.1. The Labute approximate surface area is 213 Å². The summed E-state index contributed by atoms with van der Waals surface area (Å²) < 4.78 is 7.91. The van der Waals surface area contributed by atoms with Crippen molar-refractivity contribution in [1.29, 1.82) is 5.26 Å². The highest BCUT2D eigenvalue weighted by Gasteiger charge is 2.25. The van der Waals surface area contributed by atoms with Crippen molar-refractivity contribution in [2.45, 2.75) is 81.0 Å². The van der Waals surface area contributed by atoms with E-state index in [2.05, 4.69) is 37.1 Å². The lowest BCUT2D eigenvalue weighted by molar-refractivity contribution is 0.0792. The molecule has 3 aromatic rings. The number of benzene rings is 2. The summed E-state index contributed by atoms with van der Waals surface area (Å²) in [7, 11) is -1.17. The molecule has 0 spiro atoms. The van der Waals surface area contributed by atoms with Crippen molar-refractivity contribution in [3.63, 3.8) is 0 Å². The molecule has 1 N–H and O–H groups in total. The standard InChI is InChI=1S/C27H33N5OSSi/c1-35(2,3)15-14-33-18-32-26(30-27(31-32)34-24-13-5-4-8-21(24)17-28)29-25-22-11-6-9-19(22)16-20-10-7-12-23(20)25/h4-5,8,13,16H,6-7,9-12,14-15,18H2,1-3H3,(H,29,30,31). The van der Waals surface area contributed by atoms with E-state index >= 15 is 0 Å². The van der Waals surface area contributed by atoms with E-state index in [9.17, 15) is 5.26 Å². The molecule has 0 unspecified atom stereocenters. The molecule has 0 saturated heterocycles. The van der Waals surface area contributed by atoms with Crippen molar-refractivity contribution in [3.05, 3.63) is 58.1 Å². The largest absolute Gasteiger partial charge is 0.359 e. The minimum atomic E-state index is -1.17. The number of fused-ring (bicyclic) bond motifs is 2. The molecule has 5 rings (SSSR count). The number of nitrogens with zero attached hydrogens (tertiary/aromatic N) is 4. The molecule has 2 aliphatic rings. The summed E-state index contributed by atoms with van der Waals surface area (Å²) >= 11 is 1.42. The van der Waals surface area contributed by atoms with Gasteiger partial charge in [0.1, 0.15) is 12.8 Å². The van der Waals surface area contributed by atoms with Crippen LogP contribution in [0.15, 0.2) is 40.4 Å². The summed E-state index contributed by atoms with van der Waals surface area (Å²) in [6.07, 6.45) is 6.98. The summed E-state index contributed by atoms with van der Waals surface area (Å²) in [6.45, 7) is 8.16. The molecule has 0 saturated carbocycles. The van der Waals surface area contributed by atoms with Crippen LogP contribution in [0.3, 0.4) is 0 Å². The second kappa shape index (κ2) is 10.2. The first kappa shape index (κ1) is 24.1.